The predicted molar refractivity (Wildman–Crippen MR) is 92.8 cm³/mol. The molecule has 2 atom stereocenters. The minimum Gasteiger partial charge on any atom is -0.443 e. The van der Waals surface area contributed by atoms with E-state index in [-0.39, 0.29) is 5.70 Å². The van der Waals surface area contributed by atoms with Gasteiger partial charge < -0.3 is 23.7 Å². The molecule has 1 aliphatic heterocycles. The maximum absolute atomic E-state index is 12.8. The lowest BCUT2D eigenvalue weighted by atomic mass is 9.95. The van der Waals surface area contributed by atoms with Crippen molar-refractivity contribution in [3.05, 3.63) is 11.8 Å². The average molecular weight is 385 g/mol. The molecule has 152 valence electrons. The van der Waals surface area contributed by atoms with Crippen molar-refractivity contribution in [2.45, 2.75) is 70.7 Å². The molecule has 2 amide bonds. The largest absolute Gasteiger partial charge is 0.443 e. The Labute approximate surface area is 158 Å². The molecule has 0 bridgehead atoms. The molecule has 0 spiro atoms. The summed E-state index contributed by atoms with van der Waals surface area (Å²) in [6.07, 6.45) is -2.48. The summed E-state index contributed by atoms with van der Waals surface area (Å²) in [6.45, 7) is 9.91. The van der Waals surface area contributed by atoms with Crippen molar-refractivity contribution in [1.82, 2.24) is 4.90 Å². The first kappa shape index (κ1) is 21.3. The SMILES string of the molecule is COC1(OC)C(N(C(=O)OC(C)(C)C)C(=O)OC(C)(C)C)=CC(=O)[C@H]2O[C@H]21. The molecule has 9 heteroatoms. The van der Waals surface area contributed by atoms with Gasteiger partial charge in [0.05, 0.1) is 0 Å². The van der Waals surface area contributed by atoms with Gasteiger partial charge in [0.25, 0.3) is 0 Å². The molecule has 0 aromatic rings. The van der Waals surface area contributed by atoms with Crippen LogP contribution in [0.2, 0.25) is 0 Å². The second-order valence-corrected chi connectivity index (χ2v) is 8.28. The van der Waals surface area contributed by atoms with Gasteiger partial charge in [0, 0.05) is 20.3 Å². The van der Waals surface area contributed by atoms with Gasteiger partial charge in [-0.15, -0.1) is 0 Å². The van der Waals surface area contributed by atoms with E-state index in [0.29, 0.717) is 4.90 Å². The number of ketones is 1. The third-order valence-corrected chi connectivity index (χ3v) is 3.78. The van der Waals surface area contributed by atoms with Crippen LogP contribution in [-0.2, 0) is 28.5 Å². The summed E-state index contributed by atoms with van der Waals surface area (Å²) in [6, 6.07) is 0. The Morgan fingerprint density at radius 2 is 1.44 bits per heavy atom. The molecule has 1 fully saturated rings. The Morgan fingerprint density at radius 1 is 1.00 bits per heavy atom. The van der Waals surface area contributed by atoms with Crippen molar-refractivity contribution < 1.29 is 38.1 Å². The van der Waals surface area contributed by atoms with Crippen LogP contribution in [0.25, 0.3) is 0 Å². The summed E-state index contributed by atoms with van der Waals surface area (Å²) in [4.78, 5) is 38.5. The number of fused-ring (bicyclic) bond motifs is 1. The van der Waals surface area contributed by atoms with E-state index < -0.39 is 47.2 Å². The van der Waals surface area contributed by atoms with E-state index in [4.69, 9.17) is 23.7 Å². The molecule has 9 nitrogen and oxygen atoms in total. The minimum atomic E-state index is -1.63. The van der Waals surface area contributed by atoms with Crippen LogP contribution in [0.1, 0.15) is 41.5 Å². The summed E-state index contributed by atoms with van der Waals surface area (Å²) < 4.78 is 26.9. The van der Waals surface area contributed by atoms with Crippen LogP contribution < -0.4 is 0 Å². The van der Waals surface area contributed by atoms with Crippen molar-refractivity contribution in [3.8, 4) is 0 Å². The van der Waals surface area contributed by atoms with Crippen molar-refractivity contribution in [3.63, 3.8) is 0 Å². The number of nitrogens with zero attached hydrogens (tertiary/aromatic N) is 1. The van der Waals surface area contributed by atoms with Gasteiger partial charge in [0.15, 0.2) is 18.0 Å². The van der Waals surface area contributed by atoms with Crippen LogP contribution in [0.5, 0.6) is 0 Å². The first-order chi connectivity index (χ1) is 12.3. The molecular formula is C18H27NO8. The zero-order valence-corrected chi connectivity index (χ0v) is 16.9. The van der Waals surface area contributed by atoms with Crippen molar-refractivity contribution >= 4 is 18.0 Å². The third kappa shape index (κ3) is 4.31. The summed E-state index contributed by atoms with van der Waals surface area (Å²) in [5.41, 5.74) is -1.93. The number of imide groups is 1. The maximum Gasteiger partial charge on any atom is 0.424 e. The number of amides is 2. The normalized spacial score (nSPS) is 23.9. The van der Waals surface area contributed by atoms with Gasteiger partial charge in [-0.2, -0.15) is 4.90 Å². The fourth-order valence-electron chi connectivity index (χ4n) is 2.71. The molecule has 2 aliphatic rings. The first-order valence-corrected chi connectivity index (χ1v) is 8.53. The number of rotatable bonds is 3. The molecule has 0 saturated carbocycles. The van der Waals surface area contributed by atoms with Gasteiger partial charge >= 0.3 is 12.2 Å². The summed E-state index contributed by atoms with van der Waals surface area (Å²) in [7, 11) is 2.66. The lowest BCUT2D eigenvalue weighted by molar-refractivity contribution is -0.201. The smallest absolute Gasteiger partial charge is 0.424 e. The summed E-state index contributed by atoms with van der Waals surface area (Å²) in [5.74, 6) is -2.04. The molecule has 0 aromatic heterocycles. The quantitative estimate of drug-likeness (QED) is 0.539. The number of epoxide rings is 1. The Kier molecular flexibility index (Phi) is 5.44. The Balaban J connectivity index is 2.52. The van der Waals surface area contributed by atoms with E-state index in [2.05, 4.69) is 0 Å². The number of hydrogen-bond donors (Lipinski definition) is 0. The van der Waals surface area contributed by atoms with Crippen LogP contribution in [0.15, 0.2) is 11.8 Å². The number of methoxy groups -OCH3 is 2. The molecule has 1 saturated heterocycles. The highest BCUT2D eigenvalue weighted by atomic mass is 16.7. The number of ether oxygens (including phenoxy) is 5. The molecule has 0 aromatic carbocycles. The van der Waals surface area contributed by atoms with Gasteiger partial charge in [-0.1, -0.05) is 0 Å². The lowest BCUT2D eigenvalue weighted by Gasteiger charge is -2.38. The van der Waals surface area contributed by atoms with E-state index in [1.165, 1.54) is 14.2 Å². The zero-order chi connectivity index (χ0) is 20.8. The molecule has 1 aliphatic carbocycles. The van der Waals surface area contributed by atoms with Crippen LogP contribution in [-0.4, -0.2) is 66.3 Å². The standard InChI is InChI=1S/C18H27NO8/c1-16(2,3)26-14(21)19(15(22)27-17(4,5)6)11-9-10(20)12-13(25-12)18(11,23-7)24-8/h9,12-13H,1-8H3/t12-,13-/m1/s1. The molecule has 0 radical (unpaired) electrons. The van der Waals surface area contributed by atoms with E-state index in [9.17, 15) is 14.4 Å². The van der Waals surface area contributed by atoms with E-state index in [1.54, 1.807) is 41.5 Å². The van der Waals surface area contributed by atoms with E-state index in [1.807, 2.05) is 0 Å². The molecule has 1 heterocycles. The van der Waals surface area contributed by atoms with Crippen LogP contribution in [0, 0.1) is 0 Å². The van der Waals surface area contributed by atoms with Gasteiger partial charge in [-0.25, -0.2) is 9.59 Å². The van der Waals surface area contributed by atoms with E-state index >= 15 is 0 Å². The Morgan fingerprint density at radius 3 is 1.81 bits per heavy atom. The Hall–Kier alpha value is -1.97. The molecule has 27 heavy (non-hydrogen) atoms. The minimum absolute atomic E-state index is 0.153. The highest BCUT2D eigenvalue weighted by molar-refractivity contribution is 6.01. The second kappa shape index (κ2) is 6.88. The van der Waals surface area contributed by atoms with Gasteiger partial charge in [0.1, 0.15) is 16.9 Å². The molecular weight excluding hydrogens is 358 g/mol. The fourth-order valence-corrected chi connectivity index (χ4v) is 2.71. The molecule has 0 N–H and O–H groups in total. The second-order valence-electron chi connectivity index (χ2n) is 8.28. The van der Waals surface area contributed by atoms with Gasteiger partial charge in [-0.3, -0.25) is 4.79 Å². The maximum atomic E-state index is 12.8. The highest BCUT2D eigenvalue weighted by Crippen LogP contribution is 2.46. The first-order valence-electron chi connectivity index (χ1n) is 8.53. The third-order valence-electron chi connectivity index (χ3n) is 3.78. The topological polar surface area (TPSA) is 104 Å². The number of carbonyl (C=O) groups is 3. The van der Waals surface area contributed by atoms with E-state index in [0.717, 1.165) is 6.08 Å². The number of hydrogen-bond acceptors (Lipinski definition) is 8. The summed E-state index contributed by atoms with van der Waals surface area (Å²) >= 11 is 0. The van der Waals surface area contributed by atoms with Crippen molar-refractivity contribution in [1.29, 1.82) is 0 Å². The highest BCUT2D eigenvalue weighted by Gasteiger charge is 2.66. The zero-order valence-electron chi connectivity index (χ0n) is 16.9. The predicted octanol–water partition coefficient (Wildman–Crippen LogP) is 2.38. The van der Waals surface area contributed by atoms with Crippen molar-refractivity contribution in [2.75, 3.05) is 14.2 Å². The molecule has 2 rings (SSSR count). The van der Waals surface area contributed by atoms with Gasteiger partial charge in [0.2, 0.25) is 5.79 Å². The fraction of sp³-hybridized carbons (Fsp3) is 0.722. The Bertz CT molecular complexity index is 638. The van der Waals surface area contributed by atoms with Crippen LogP contribution in [0.3, 0.4) is 0 Å². The van der Waals surface area contributed by atoms with Crippen LogP contribution in [0.4, 0.5) is 9.59 Å². The molecule has 0 unspecified atom stereocenters. The van der Waals surface area contributed by atoms with Crippen molar-refractivity contribution in [2.24, 2.45) is 0 Å². The monoisotopic (exact) mass is 385 g/mol. The summed E-state index contributed by atoms with van der Waals surface area (Å²) in [5, 5.41) is 0. The average Bonchev–Trinajstić information content (AvgIpc) is 3.26. The lowest BCUT2D eigenvalue weighted by Crippen LogP contribution is -2.55. The van der Waals surface area contributed by atoms with Crippen LogP contribution >= 0.6 is 0 Å². The number of carbonyl (C=O) groups excluding carboxylic acids is 3. The van der Waals surface area contributed by atoms with Gasteiger partial charge in [-0.05, 0) is 41.5 Å².